The number of carbonyl (C=O) groups excluding carboxylic acids is 1. The average Bonchev–Trinajstić information content (AvgIpc) is 3.02. The summed E-state index contributed by atoms with van der Waals surface area (Å²) in [6, 6.07) is 11.3. The van der Waals surface area contributed by atoms with E-state index in [-0.39, 0.29) is 23.1 Å². The van der Waals surface area contributed by atoms with Gasteiger partial charge >= 0.3 is 0 Å². The van der Waals surface area contributed by atoms with E-state index < -0.39 is 15.9 Å². The molecule has 0 saturated carbocycles. The molecule has 12 heteroatoms. The van der Waals surface area contributed by atoms with Gasteiger partial charge in [-0.3, -0.25) is 9.59 Å². The molecule has 2 aromatic heterocycles. The molecule has 160 valence electrons. The molecule has 3 N–H and O–H groups in total. The second kappa shape index (κ2) is 9.51. The van der Waals surface area contributed by atoms with Crippen LogP contribution in [0.15, 0.2) is 47.5 Å². The lowest BCUT2D eigenvalue weighted by atomic mass is 10.0. The molecule has 1 amide bonds. The molecule has 0 atom stereocenters. The van der Waals surface area contributed by atoms with Crippen molar-refractivity contribution in [2.24, 2.45) is 0 Å². The minimum Gasteiger partial charge on any atom is -0.493 e. The van der Waals surface area contributed by atoms with Gasteiger partial charge < -0.3 is 10.2 Å². The lowest BCUT2D eigenvalue weighted by Crippen LogP contribution is -2.28. The summed E-state index contributed by atoms with van der Waals surface area (Å²) >= 11 is 0. The highest BCUT2D eigenvalue weighted by atomic mass is 32.2. The van der Waals surface area contributed by atoms with Gasteiger partial charge in [-0.2, -0.15) is 15.0 Å². The maximum absolute atomic E-state index is 12.0. The van der Waals surface area contributed by atoms with Crippen LogP contribution in [0.1, 0.15) is 18.2 Å². The molecule has 3 aromatic rings. The molecule has 2 heterocycles. The number of nitrogens with one attached hydrogen (secondary N) is 1. The second-order valence-electron chi connectivity index (χ2n) is 6.00. The van der Waals surface area contributed by atoms with Crippen LogP contribution in [0.25, 0.3) is 16.9 Å². The quantitative estimate of drug-likeness (QED) is 0.502. The van der Waals surface area contributed by atoms with Crippen molar-refractivity contribution in [1.29, 1.82) is 5.26 Å². The van der Waals surface area contributed by atoms with E-state index in [0.29, 0.717) is 22.4 Å². The Balaban J connectivity index is 0.00000107. The smallest absolute Gasteiger partial charge is 0.290 e. The molecular weight excluding hydrogens is 426 g/mol. The van der Waals surface area contributed by atoms with E-state index in [1.807, 2.05) is 10.8 Å². The summed E-state index contributed by atoms with van der Waals surface area (Å²) < 4.78 is 27.0. The van der Waals surface area contributed by atoms with E-state index in [1.54, 1.807) is 31.2 Å². The number of nitriles is 1. The van der Waals surface area contributed by atoms with Gasteiger partial charge in [-0.25, -0.2) is 18.1 Å². The van der Waals surface area contributed by atoms with E-state index in [4.69, 9.17) is 15.2 Å². The molecule has 0 aliphatic rings. The zero-order chi connectivity index (χ0) is 23.2. The molecule has 0 bridgehead atoms. The number of pyridine rings is 1. The Morgan fingerprint density at radius 2 is 1.84 bits per heavy atom. The SMILES string of the molecule is CC(=O)NS(=O)(=O)c1ccc(-n2nc(C)c(-c3ccc(C#N)cc3)c2O)nc1.O=CO. The van der Waals surface area contributed by atoms with Crippen LogP contribution in [0.4, 0.5) is 0 Å². The molecule has 0 aliphatic carbocycles. The number of sulfonamides is 1. The number of carboxylic acid groups (broad SMARTS) is 1. The number of hydrogen-bond donors (Lipinski definition) is 3. The number of carbonyl (C=O) groups is 2. The number of benzene rings is 1. The van der Waals surface area contributed by atoms with Crippen LogP contribution in [-0.2, 0) is 19.6 Å². The third-order valence-corrected chi connectivity index (χ3v) is 5.28. The van der Waals surface area contributed by atoms with Gasteiger partial charge in [-0.1, -0.05) is 12.1 Å². The summed E-state index contributed by atoms with van der Waals surface area (Å²) in [5, 5.41) is 30.7. The van der Waals surface area contributed by atoms with E-state index in [1.165, 1.54) is 16.8 Å². The topological polar surface area (TPSA) is 175 Å². The standard InChI is InChI=1S/C18H15N5O4S.CH2O2/c1-11-17(14-5-3-13(9-19)4-6-14)18(25)23(21-11)16-8-7-15(10-20-16)28(26,27)22-12(2)24;2-1-3/h3-8,10,25H,1-2H3,(H,22,24);1H,(H,2,3). The van der Waals surface area contributed by atoms with Crippen LogP contribution >= 0.6 is 0 Å². The zero-order valence-electron chi connectivity index (χ0n) is 16.3. The van der Waals surface area contributed by atoms with Crippen molar-refractivity contribution in [2.75, 3.05) is 0 Å². The summed E-state index contributed by atoms with van der Waals surface area (Å²) in [5.41, 5.74) is 2.16. The first-order valence-corrected chi connectivity index (χ1v) is 9.99. The number of amides is 1. The first-order chi connectivity index (χ1) is 14.6. The maximum Gasteiger partial charge on any atom is 0.290 e. The van der Waals surface area contributed by atoms with Crippen LogP contribution < -0.4 is 4.72 Å². The Morgan fingerprint density at radius 1 is 1.23 bits per heavy atom. The molecule has 11 nitrogen and oxygen atoms in total. The second-order valence-corrected chi connectivity index (χ2v) is 7.69. The Bertz CT molecular complexity index is 1240. The molecule has 31 heavy (non-hydrogen) atoms. The predicted molar refractivity (Wildman–Crippen MR) is 108 cm³/mol. The fraction of sp³-hybridized carbons (Fsp3) is 0.105. The first kappa shape index (κ1) is 23.0. The van der Waals surface area contributed by atoms with Crippen molar-refractivity contribution >= 4 is 22.4 Å². The summed E-state index contributed by atoms with van der Waals surface area (Å²) in [6.07, 6.45) is 1.07. The molecule has 0 spiro atoms. The van der Waals surface area contributed by atoms with Gasteiger partial charge in [0.2, 0.25) is 11.8 Å². The van der Waals surface area contributed by atoms with Gasteiger partial charge in [0.1, 0.15) is 4.90 Å². The number of aromatic nitrogens is 3. The van der Waals surface area contributed by atoms with Crippen molar-refractivity contribution in [3.8, 4) is 28.9 Å². The molecule has 0 saturated heterocycles. The molecule has 1 aromatic carbocycles. The maximum atomic E-state index is 12.0. The van der Waals surface area contributed by atoms with Crippen LogP contribution in [0.2, 0.25) is 0 Å². The van der Waals surface area contributed by atoms with Gasteiger partial charge in [0, 0.05) is 13.1 Å². The van der Waals surface area contributed by atoms with Crippen molar-refractivity contribution in [3.63, 3.8) is 0 Å². The first-order valence-electron chi connectivity index (χ1n) is 8.51. The van der Waals surface area contributed by atoms with Crippen LogP contribution in [0.3, 0.4) is 0 Å². The van der Waals surface area contributed by atoms with Gasteiger partial charge in [0.25, 0.3) is 16.5 Å². The van der Waals surface area contributed by atoms with Crippen molar-refractivity contribution in [2.45, 2.75) is 18.7 Å². The van der Waals surface area contributed by atoms with Crippen LogP contribution in [0.5, 0.6) is 5.88 Å². The Labute approximate surface area is 177 Å². The Kier molecular flexibility index (Phi) is 7.07. The minimum atomic E-state index is -4.00. The van der Waals surface area contributed by atoms with Gasteiger partial charge in [-0.15, -0.1) is 0 Å². The Morgan fingerprint density at radius 3 is 2.32 bits per heavy atom. The van der Waals surface area contributed by atoms with E-state index in [2.05, 4.69) is 10.1 Å². The van der Waals surface area contributed by atoms with E-state index in [0.717, 1.165) is 13.1 Å². The molecule has 0 radical (unpaired) electrons. The summed E-state index contributed by atoms with van der Waals surface area (Å²) in [6.45, 7) is 2.55. The van der Waals surface area contributed by atoms with Gasteiger partial charge in [-0.05, 0) is 36.8 Å². The highest BCUT2D eigenvalue weighted by molar-refractivity contribution is 7.90. The van der Waals surface area contributed by atoms with Gasteiger partial charge in [0.15, 0.2) is 5.82 Å². The highest BCUT2D eigenvalue weighted by Gasteiger charge is 2.20. The van der Waals surface area contributed by atoms with Crippen LogP contribution in [0, 0.1) is 18.3 Å². The predicted octanol–water partition coefficient (Wildman–Crippen LogP) is 1.35. The number of aryl methyl sites for hydroxylation is 1. The van der Waals surface area contributed by atoms with E-state index >= 15 is 0 Å². The fourth-order valence-electron chi connectivity index (χ4n) is 2.63. The van der Waals surface area contributed by atoms with Crippen molar-refractivity contribution in [3.05, 3.63) is 53.9 Å². The van der Waals surface area contributed by atoms with Crippen LogP contribution in [-0.4, -0.2) is 45.8 Å². The summed E-state index contributed by atoms with van der Waals surface area (Å²) in [5.74, 6) is -0.689. The number of nitrogens with zero attached hydrogens (tertiary/aromatic N) is 4. The molecular formula is C19H17N5O6S. The average molecular weight is 443 g/mol. The highest BCUT2D eigenvalue weighted by Crippen LogP contribution is 2.34. The minimum absolute atomic E-state index is 0.174. The van der Waals surface area contributed by atoms with Gasteiger partial charge in [0.05, 0.1) is 22.9 Å². The zero-order valence-corrected chi connectivity index (χ0v) is 17.2. The number of aromatic hydroxyl groups is 1. The molecule has 0 unspecified atom stereocenters. The fourth-order valence-corrected chi connectivity index (χ4v) is 3.56. The molecule has 3 rings (SSSR count). The monoisotopic (exact) mass is 443 g/mol. The normalized spacial score (nSPS) is 10.4. The summed E-state index contributed by atoms with van der Waals surface area (Å²) in [7, 11) is -4.00. The number of rotatable bonds is 4. The lowest BCUT2D eigenvalue weighted by molar-refractivity contribution is -0.123. The van der Waals surface area contributed by atoms with E-state index in [9.17, 15) is 18.3 Å². The number of hydrogen-bond acceptors (Lipinski definition) is 8. The van der Waals surface area contributed by atoms with Crippen molar-refractivity contribution < 1.29 is 28.2 Å². The summed E-state index contributed by atoms with van der Waals surface area (Å²) in [4.78, 5) is 23.2. The molecule has 0 fully saturated rings. The van der Waals surface area contributed by atoms with Crippen molar-refractivity contribution in [1.82, 2.24) is 19.5 Å². The third-order valence-electron chi connectivity index (χ3n) is 3.86. The third kappa shape index (κ3) is 5.22. The Hall–Kier alpha value is -4.24. The molecule has 0 aliphatic heterocycles. The largest absolute Gasteiger partial charge is 0.493 e. The lowest BCUT2D eigenvalue weighted by Gasteiger charge is -2.06.